The Hall–Kier alpha value is -1.44. The van der Waals surface area contributed by atoms with Crippen molar-refractivity contribution in [2.24, 2.45) is 0 Å². The number of esters is 1. The number of hydrogen-bond acceptors (Lipinski definition) is 5. The molecule has 62 valence electrons. The van der Waals surface area contributed by atoms with Gasteiger partial charge >= 0.3 is 5.97 Å². The number of carbonyl (C=O) groups excluding carboxylic acids is 2. The molecular weight excluding hydrogens is 148 g/mol. The monoisotopic (exact) mass is 158 g/mol. The Balaban J connectivity index is 0. The van der Waals surface area contributed by atoms with Gasteiger partial charge in [0.05, 0.1) is 6.61 Å². The number of ether oxygens (including phenoxy) is 1. The lowest BCUT2D eigenvalue weighted by atomic mass is 10.3. The van der Waals surface area contributed by atoms with Gasteiger partial charge in [-0.1, -0.05) is 0 Å². The summed E-state index contributed by atoms with van der Waals surface area (Å²) in [5.41, 5.74) is 0. The van der Waals surface area contributed by atoms with Crippen molar-refractivity contribution in [3.63, 3.8) is 0 Å². The van der Waals surface area contributed by atoms with E-state index in [1.165, 1.54) is 6.92 Å². The lowest BCUT2D eigenvalue weighted by Crippen LogP contribution is -2.07. The molecule has 0 bridgehead atoms. The summed E-state index contributed by atoms with van der Waals surface area (Å²) < 4.78 is 4.49. The van der Waals surface area contributed by atoms with E-state index >= 15 is 0 Å². The predicted octanol–water partition coefficient (Wildman–Crippen LogP) is 0.559. The molecule has 0 unspecified atom stereocenters. The molecule has 0 amide bonds. The first-order valence-electron chi connectivity index (χ1n) is 3.02. The van der Waals surface area contributed by atoms with Crippen LogP contribution in [-0.2, 0) is 14.3 Å². The summed E-state index contributed by atoms with van der Waals surface area (Å²) in [7, 11) is 0. The minimum Gasteiger partial charge on any atom is -0.466 e. The van der Waals surface area contributed by atoms with E-state index < -0.39 is 5.97 Å². The molecule has 0 aromatic heterocycles. The molecule has 0 spiro atoms. The van der Waals surface area contributed by atoms with Crippen molar-refractivity contribution in [3.8, 4) is 0 Å². The van der Waals surface area contributed by atoms with E-state index in [1.54, 1.807) is 6.92 Å². The lowest BCUT2D eigenvalue weighted by molar-refractivity contribution is -0.145. The van der Waals surface area contributed by atoms with Crippen LogP contribution < -0.4 is 0 Å². The third-order valence-corrected chi connectivity index (χ3v) is 0.699. The summed E-state index contributed by atoms with van der Waals surface area (Å²) >= 11 is 0. The second kappa shape index (κ2) is 8.56. The van der Waals surface area contributed by atoms with Gasteiger partial charge in [-0.2, -0.15) is 0 Å². The standard InChI is InChI=1S/C6H10O3.N2/c1-3-9-6(8)4-5(2)7;1-2/h3-4H2,1-2H3;. The van der Waals surface area contributed by atoms with Crippen molar-refractivity contribution in [1.82, 2.24) is 0 Å². The van der Waals surface area contributed by atoms with E-state index in [0.29, 0.717) is 6.61 Å². The normalized spacial score (nSPS) is 7.27. The second-order valence-corrected chi connectivity index (χ2v) is 1.68. The van der Waals surface area contributed by atoms with E-state index in [4.69, 9.17) is 10.8 Å². The van der Waals surface area contributed by atoms with Gasteiger partial charge in [-0.3, -0.25) is 9.59 Å². The molecule has 0 aliphatic carbocycles. The first kappa shape index (κ1) is 12.3. The van der Waals surface area contributed by atoms with Crippen molar-refractivity contribution in [3.05, 3.63) is 0 Å². The van der Waals surface area contributed by atoms with Crippen LogP contribution in [0.3, 0.4) is 0 Å². The molecule has 0 heterocycles. The maximum Gasteiger partial charge on any atom is 0.313 e. The Morgan fingerprint density at radius 3 is 2.09 bits per heavy atom. The van der Waals surface area contributed by atoms with Crippen LogP contribution in [0.5, 0.6) is 0 Å². The Morgan fingerprint density at radius 1 is 1.36 bits per heavy atom. The molecule has 0 radical (unpaired) electrons. The van der Waals surface area contributed by atoms with Gasteiger partial charge in [-0.05, 0) is 13.8 Å². The van der Waals surface area contributed by atoms with Crippen molar-refractivity contribution in [1.29, 1.82) is 10.8 Å². The first-order chi connectivity index (χ1) is 5.16. The Labute approximate surface area is 64.8 Å². The van der Waals surface area contributed by atoms with Gasteiger partial charge < -0.3 is 4.74 Å². The van der Waals surface area contributed by atoms with Crippen molar-refractivity contribution in [2.75, 3.05) is 6.61 Å². The molecule has 0 aromatic carbocycles. The maximum absolute atomic E-state index is 10.4. The summed E-state index contributed by atoms with van der Waals surface area (Å²) in [5.74, 6) is -0.599. The van der Waals surface area contributed by atoms with Gasteiger partial charge in [0, 0.05) is 10.8 Å². The molecule has 0 aliphatic rings. The molecule has 0 atom stereocenters. The van der Waals surface area contributed by atoms with Crippen LogP contribution in [0.15, 0.2) is 0 Å². The second-order valence-electron chi connectivity index (χ2n) is 1.68. The molecule has 0 aromatic rings. The summed E-state index contributed by atoms with van der Waals surface area (Å²) in [5, 5.41) is 12.0. The minimum absolute atomic E-state index is 0.103. The highest BCUT2D eigenvalue weighted by Gasteiger charge is 2.03. The Bertz CT molecular complexity index is 153. The summed E-state index contributed by atoms with van der Waals surface area (Å²) in [6.45, 7) is 3.40. The molecule has 0 rings (SSSR count). The number of carbonyl (C=O) groups is 2. The third-order valence-electron chi connectivity index (χ3n) is 0.699. The average Bonchev–Trinajstić information content (AvgIpc) is 1.91. The highest BCUT2D eigenvalue weighted by molar-refractivity contribution is 5.94. The molecule has 0 fully saturated rings. The molecule has 5 nitrogen and oxygen atoms in total. The third kappa shape index (κ3) is 11.9. The summed E-state index contributed by atoms with van der Waals surface area (Å²) in [6.07, 6.45) is -0.103. The van der Waals surface area contributed by atoms with Crippen LogP contribution in [0.25, 0.3) is 0 Å². The van der Waals surface area contributed by atoms with E-state index in [0.717, 1.165) is 0 Å². The van der Waals surface area contributed by atoms with Gasteiger partial charge in [0.25, 0.3) is 0 Å². The van der Waals surface area contributed by atoms with Crippen LogP contribution in [0.1, 0.15) is 20.3 Å². The van der Waals surface area contributed by atoms with Gasteiger partial charge in [-0.15, -0.1) is 0 Å². The zero-order valence-corrected chi connectivity index (χ0v) is 6.53. The first-order valence-corrected chi connectivity index (χ1v) is 3.02. The molecule has 0 saturated heterocycles. The van der Waals surface area contributed by atoms with Gasteiger partial charge in [0.15, 0.2) is 0 Å². The van der Waals surface area contributed by atoms with Gasteiger partial charge in [0.2, 0.25) is 0 Å². The SMILES string of the molecule is CCOC(=O)CC(C)=O.N#N. The van der Waals surface area contributed by atoms with Crippen molar-refractivity contribution >= 4 is 11.8 Å². The van der Waals surface area contributed by atoms with Crippen LogP contribution >= 0.6 is 0 Å². The molecule has 5 heteroatoms. The highest BCUT2D eigenvalue weighted by atomic mass is 16.5. The minimum atomic E-state index is -0.440. The largest absolute Gasteiger partial charge is 0.466 e. The number of hydrogen-bond donors (Lipinski definition) is 0. The van der Waals surface area contributed by atoms with Crippen LogP contribution in [0, 0.1) is 10.8 Å². The van der Waals surface area contributed by atoms with Crippen LogP contribution in [-0.4, -0.2) is 18.4 Å². The number of nitrogens with zero attached hydrogens (tertiary/aromatic N) is 2. The van der Waals surface area contributed by atoms with Crippen molar-refractivity contribution in [2.45, 2.75) is 20.3 Å². The lowest BCUT2D eigenvalue weighted by Gasteiger charge is -1.96. The molecular formula is C6H10N2O3. The van der Waals surface area contributed by atoms with Crippen LogP contribution in [0.2, 0.25) is 0 Å². The number of ketones is 1. The molecule has 0 N–H and O–H groups in total. The molecule has 0 saturated carbocycles. The fraction of sp³-hybridized carbons (Fsp3) is 0.667. The Morgan fingerprint density at radius 2 is 1.82 bits per heavy atom. The highest BCUT2D eigenvalue weighted by Crippen LogP contribution is 1.86. The maximum atomic E-state index is 10.4. The van der Waals surface area contributed by atoms with E-state index in [1.807, 2.05) is 0 Å². The smallest absolute Gasteiger partial charge is 0.313 e. The quantitative estimate of drug-likeness (QED) is 0.340. The fourth-order valence-corrected chi connectivity index (χ4v) is 0.415. The van der Waals surface area contributed by atoms with E-state index in [2.05, 4.69) is 4.74 Å². The number of Topliss-reactive ketones (excluding diaryl/α,β-unsaturated/α-hetero) is 1. The molecule has 0 aliphatic heterocycles. The van der Waals surface area contributed by atoms with Gasteiger partial charge in [0.1, 0.15) is 12.2 Å². The molecule has 11 heavy (non-hydrogen) atoms. The zero-order valence-electron chi connectivity index (χ0n) is 6.53. The van der Waals surface area contributed by atoms with E-state index in [-0.39, 0.29) is 12.2 Å². The van der Waals surface area contributed by atoms with Crippen molar-refractivity contribution < 1.29 is 14.3 Å². The summed E-state index contributed by atoms with van der Waals surface area (Å²) in [6, 6.07) is 0. The summed E-state index contributed by atoms with van der Waals surface area (Å²) in [4.78, 5) is 20.6. The average molecular weight is 158 g/mol. The predicted molar refractivity (Wildman–Crippen MR) is 35.4 cm³/mol. The number of rotatable bonds is 3. The van der Waals surface area contributed by atoms with E-state index in [9.17, 15) is 9.59 Å². The van der Waals surface area contributed by atoms with Gasteiger partial charge in [-0.25, -0.2) is 0 Å². The fourth-order valence-electron chi connectivity index (χ4n) is 0.415. The topological polar surface area (TPSA) is 90.9 Å². The zero-order chi connectivity index (χ0) is 9.28. The Kier molecular flexibility index (Phi) is 9.54. The van der Waals surface area contributed by atoms with Crippen LogP contribution in [0.4, 0.5) is 0 Å².